The smallest absolute Gasteiger partial charge is 0.258 e. The highest BCUT2D eigenvalue weighted by Crippen LogP contribution is 2.29. The Balaban J connectivity index is 1.58. The molecule has 2 aromatic heterocycles. The van der Waals surface area contributed by atoms with Gasteiger partial charge in [0.05, 0.1) is 5.69 Å². The number of carbonyl (C=O) groups excluding carboxylic acids is 1. The number of rotatable bonds is 4. The van der Waals surface area contributed by atoms with Crippen molar-refractivity contribution in [2.45, 2.75) is 32.4 Å². The van der Waals surface area contributed by atoms with E-state index in [4.69, 9.17) is 0 Å². The summed E-state index contributed by atoms with van der Waals surface area (Å²) in [4.78, 5) is 30.9. The van der Waals surface area contributed by atoms with Gasteiger partial charge in [-0.1, -0.05) is 35.9 Å². The van der Waals surface area contributed by atoms with Crippen LogP contribution in [-0.2, 0) is 11.3 Å². The second-order valence-electron chi connectivity index (χ2n) is 7.53. The van der Waals surface area contributed by atoms with Crippen molar-refractivity contribution in [2.75, 3.05) is 13.1 Å². The Morgan fingerprint density at radius 1 is 1.18 bits per heavy atom. The zero-order chi connectivity index (χ0) is 19.7. The van der Waals surface area contributed by atoms with E-state index in [9.17, 15) is 9.59 Å². The van der Waals surface area contributed by atoms with E-state index in [1.807, 2.05) is 18.2 Å². The van der Waals surface area contributed by atoms with Gasteiger partial charge in [-0.3, -0.25) is 18.9 Å². The Hall–Kier alpha value is -2.99. The highest BCUT2D eigenvalue weighted by Gasteiger charge is 2.34. The first-order chi connectivity index (χ1) is 13.5. The number of pyridine rings is 1. The molecular weight excluding hydrogens is 352 g/mol. The molecule has 3 heterocycles. The first-order valence-electron chi connectivity index (χ1n) is 9.53. The maximum Gasteiger partial charge on any atom is 0.258 e. The van der Waals surface area contributed by atoms with Gasteiger partial charge in [0, 0.05) is 50.8 Å². The summed E-state index contributed by atoms with van der Waals surface area (Å²) in [6, 6.07) is 15.7. The molecule has 6 heteroatoms. The molecule has 2 atom stereocenters. The third-order valence-corrected chi connectivity index (χ3v) is 5.30. The van der Waals surface area contributed by atoms with Crippen molar-refractivity contribution in [3.8, 4) is 0 Å². The number of likely N-dealkylation sites (tertiary alicyclic amines) is 1. The number of fused-ring (bicyclic) bond motifs is 1. The number of amides is 1. The lowest BCUT2D eigenvalue weighted by Gasteiger charge is -2.19. The third kappa shape index (κ3) is 3.82. The van der Waals surface area contributed by atoms with Crippen LogP contribution in [0.3, 0.4) is 0 Å². The fourth-order valence-electron chi connectivity index (χ4n) is 3.99. The molecule has 4 rings (SSSR count). The summed E-state index contributed by atoms with van der Waals surface area (Å²) in [5, 5.41) is 3.09. The molecule has 3 aromatic rings. The van der Waals surface area contributed by atoms with Crippen LogP contribution in [0.25, 0.3) is 5.65 Å². The highest BCUT2D eigenvalue weighted by atomic mass is 16.1. The first-order valence-corrected chi connectivity index (χ1v) is 9.53. The van der Waals surface area contributed by atoms with Crippen molar-refractivity contribution in [2.24, 2.45) is 0 Å². The zero-order valence-electron chi connectivity index (χ0n) is 16.1. The van der Waals surface area contributed by atoms with Crippen LogP contribution in [0.4, 0.5) is 0 Å². The van der Waals surface area contributed by atoms with Crippen LogP contribution in [-0.4, -0.2) is 39.3 Å². The number of nitrogens with zero attached hydrogens (tertiary/aromatic N) is 3. The van der Waals surface area contributed by atoms with Gasteiger partial charge in [-0.25, -0.2) is 4.98 Å². The van der Waals surface area contributed by atoms with E-state index in [2.05, 4.69) is 46.4 Å². The van der Waals surface area contributed by atoms with Gasteiger partial charge in [-0.2, -0.15) is 0 Å². The van der Waals surface area contributed by atoms with Crippen LogP contribution >= 0.6 is 0 Å². The van der Waals surface area contributed by atoms with Crippen LogP contribution in [0, 0.1) is 6.92 Å². The van der Waals surface area contributed by atoms with Gasteiger partial charge in [0.15, 0.2) is 0 Å². The molecule has 0 unspecified atom stereocenters. The van der Waals surface area contributed by atoms with Crippen molar-refractivity contribution in [1.82, 2.24) is 19.6 Å². The maximum absolute atomic E-state index is 12.3. The minimum atomic E-state index is -0.0757. The van der Waals surface area contributed by atoms with Gasteiger partial charge in [0.2, 0.25) is 5.91 Å². The Bertz CT molecular complexity index is 1060. The summed E-state index contributed by atoms with van der Waals surface area (Å²) in [5.74, 6) is 0.192. The average molecular weight is 376 g/mol. The predicted molar refractivity (Wildman–Crippen MR) is 108 cm³/mol. The normalized spacial score (nSPS) is 19.8. The van der Waals surface area contributed by atoms with E-state index in [1.165, 1.54) is 11.1 Å². The van der Waals surface area contributed by atoms with E-state index in [0.29, 0.717) is 12.2 Å². The maximum atomic E-state index is 12.3. The molecule has 144 valence electrons. The standard InChI is InChI=1S/C22H24N4O2/c1-15-6-8-17(9-7-15)19-13-25(14-20(19)23-16(2)27)12-18-11-22(28)26-10-4-3-5-21(26)24-18/h3-11,19-20H,12-14H2,1-2H3,(H,23,27)/t19-,20+/m0/s1. The summed E-state index contributed by atoms with van der Waals surface area (Å²) in [7, 11) is 0. The monoisotopic (exact) mass is 376 g/mol. The number of aryl methyl sites for hydroxylation is 1. The first kappa shape index (κ1) is 18.4. The fourth-order valence-corrected chi connectivity index (χ4v) is 3.99. The molecule has 0 spiro atoms. The number of nitrogens with one attached hydrogen (secondary N) is 1. The lowest BCUT2D eigenvalue weighted by Crippen LogP contribution is -2.38. The number of carbonyl (C=O) groups is 1. The molecule has 0 aliphatic carbocycles. The quantitative estimate of drug-likeness (QED) is 0.757. The van der Waals surface area contributed by atoms with Crippen LogP contribution < -0.4 is 10.9 Å². The molecule has 1 aliphatic heterocycles. The molecule has 1 saturated heterocycles. The van der Waals surface area contributed by atoms with Gasteiger partial charge in [-0.15, -0.1) is 0 Å². The topological polar surface area (TPSA) is 66.7 Å². The SMILES string of the molecule is CC(=O)N[C@@H]1CN(Cc2cc(=O)n3ccccc3n2)C[C@H]1c1ccc(C)cc1. The van der Waals surface area contributed by atoms with Gasteiger partial charge in [-0.05, 0) is 24.6 Å². The highest BCUT2D eigenvalue weighted by molar-refractivity contribution is 5.73. The van der Waals surface area contributed by atoms with Gasteiger partial charge in [0.1, 0.15) is 5.65 Å². The number of hydrogen-bond donors (Lipinski definition) is 1. The number of hydrogen-bond acceptors (Lipinski definition) is 4. The van der Waals surface area contributed by atoms with E-state index in [-0.39, 0.29) is 23.4 Å². The molecule has 28 heavy (non-hydrogen) atoms. The fraction of sp³-hybridized carbons (Fsp3) is 0.318. The summed E-state index contributed by atoms with van der Waals surface area (Å²) in [6.07, 6.45) is 1.73. The molecule has 0 saturated carbocycles. The minimum Gasteiger partial charge on any atom is -0.352 e. The lowest BCUT2D eigenvalue weighted by molar-refractivity contribution is -0.119. The molecular formula is C22H24N4O2. The molecule has 6 nitrogen and oxygen atoms in total. The predicted octanol–water partition coefficient (Wildman–Crippen LogP) is 2.11. The lowest BCUT2D eigenvalue weighted by atomic mass is 9.93. The van der Waals surface area contributed by atoms with Crippen LogP contribution in [0.5, 0.6) is 0 Å². The largest absolute Gasteiger partial charge is 0.352 e. The molecule has 1 aromatic carbocycles. The molecule has 1 fully saturated rings. The molecule has 1 aliphatic rings. The minimum absolute atomic E-state index is 0.0222. The zero-order valence-corrected chi connectivity index (χ0v) is 16.1. The van der Waals surface area contributed by atoms with E-state index >= 15 is 0 Å². The second-order valence-corrected chi connectivity index (χ2v) is 7.53. The Kier molecular flexibility index (Phi) is 4.96. The van der Waals surface area contributed by atoms with Crippen molar-refractivity contribution in [1.29, 1.82) is 0 Å². The Labute approximate surface area is 163 Å². The van der Waals surface area contributed by atoms with E-state index in [0.717, 1.165) is 18.8 Å². The molecule has 1 amide bonds. The molecule has 1 N–H and O–H groups in total. The van der Waals surface area contributed by atoms with Gasteiger partial charge in [0.25, 0.3) is 5.56 Å². The van der Waals surface area contributed by atoms with Crippen molar-refractivity contribution < 1.29 is 4.79 Å². The molecule has 0 radical (unpaired) electrons. The average Bonchev–Trinajstić information content (AvgIpc) is 3.04. The summed E-state index contributed by atoms with van der Waals surface area (Å²) in [5.41, 5.74) is 3.77. The van der Waals surface area contributed by atoms with Gasteiger partial charge >= 0.3 is 0 Å². The number of benzene rings is 1. The summed E-state index contributed by atoms with van der Waals surface area (Å²) < 4.78 is 1.54. The van der Waals surface area contributed by atoms with Crippen LogP contribution in [0.1, 0.15) is 29.7 Å². The summed E-state index contributed by atoms with van der Waals surface area (Å²) >= 11 is 0. The third-order valence-electron chi connectivity index (χ3n) is 5.30. The van der Waals surface area contributed by atoms with Crippen LogP contribution in [0.15, 0.2) is 59.5 Å². The van der Waals surface area contributed by atoms with Crippen molar-refractivity contribution >= 4 is 11.6 Å². The Morgan fingerprint density at radius 2 is 1.96 bits per heavy atom. The summed E-state index contributed by atoms with van der Waals surface area (Å²) in [6.45, 7) is 5.75. The van der Waals surface area contributed by atoms with Gasteiger partial charge < -0.3 is 5.32 Å². The number of aromatic nitrogens is 2. The van der Waals surface area contributed by atoms with E-state index in [1.54, 1.807) is 23.6 Å². The molecule has 0 bridgehead atoms. The second kappa shape index (κ2) is 7.56. The van der Waals surface area contributed by atoms with Crippen molar-refractivity contribution in [3.63, 3.8) is 0 Å². The Morgan fingerprint density at radius 3 is 2.71 bits per heavy atom. The van der Waals surface area contributed by atoms with Crippen LogP contribution in [0.2, 0.25) is 0 Å². The van der Waals surface area contributed by atoms with Crippen molar-refractivity contribution in [3.05, 3.63) is 81.9 Å². The van der Waals surface area contributed by atoms with E-state index < -0.39 is 0 Å².